The molecule has 2 rings (SSSR count). The van der Waals surface area contributed by atoms with Crippen molar-refractivity contribution in [2.24, 2.45) is 0 Å². The molecule has 0 amide bonds. The fraction of sp³-hybridized carbons (Fsp3) is 1.00. The summed E-state index contributed by atoms with van der Waals surface area (Å²) in [6, 6.07) is -6.07. The van der Waals surface area contributed by atoms with Crippen LogP contribution in [0.1, 0.15) is 12.8 Å². The van der Waals surface area contributed by atoms with Gasteiger partial charge in [0.25, 0.3) is 0 Å². The highest BCUT2D eigenvalue weighted by atomic mass is 16.8. The number of epoxide rings is 2. The van der Waals surface area contributed by atoms with E-state index in [-0.39, 0.29) is 13.2 Å². The maximum absolute atomic E-state index is 11.6. The van der Waals surface area contributed by atoms with Crippen LogP contribution in [0.2, 0.25) is 0 Å². The Morgan fingerprint density at radius 2 is 0.935 bits per heavy atom. The van der Waals surface area contributed by atoms with Gasteiger partial charge in [0.15, 0.2) is 0 Å². The molecule has 0 bridgehead atoms. The molecule has 4 atom stereocenters. The highest BCUT2D eigenvalue weighted by molar-refractivity contribution is 4.84. The topological polar surface area (TPSA) is 293 Å². The molecule has 0 radical (unpaired) electrons. The lowest BCUT2D eigenvalue weighted by Gasteiger charge is -2.24. The number of nitro groups is 6. The van der Waals surface area contributed by atoms with Gasteiger partial charge >= 0.3 is 23.8 Å². The molecule has 0 aliphatic carbocycles. The van der Waals surface area contributed by atoms with Crippen molar-refractivity contribution in [1.82, 2.24) is 0 Å². The minimum Gasteiger partial charge on any atom is -0.373 e. The zero-order valence-electron chi connectivity index (χ0n) is 14.9. The Hall–Kier alpha value is -3.72. The van der Waals surface area contributed by atoms with Crippen LogP contribution >= 0.6 is 0 Å². The molecular weight excluding hydrogens is 444 g/mol. The lowest BCUT2D eigenvalue weighted by Crippen LogP contribution is -2.71. The van der Waals surface area contributed by atoms with Gasteiger partial charge in [-0.15, -0.1) is 4.74 Å². The van der Waals surface area contributed by atoms with Crippen LogP contribution in [0.5, 0.6) is 0 Å². The molecule has 31 heavy (non-hydrogen) atoms. The summed E-state index contributed by atoms with van der Waals surface area (Å²) in [4.78, 5) is 57.8. The van der Waals surface area contributed by atoms with Gasteiger partial charge in [0.05, 0.1) is 38.3 Å². The van der Waals surface area contributed by atoms with E-state index in [9.17, 15) is 60.7 Å². The maximum atomic E-state index is 11.6. The van der Waals surface area contributed by atoms with Crippen LogP contribution in [0.4, 0.5) is 0 Å². The lowest BCUT2D eigenvalue weighted by molar-refractivity contribution is -0.964. The number of nitrogens with zero attached hydrogens (tertiary/aromatic N) is 6. The number of ether oxygens (including phenoxy) is 3. The lowest BCUT2D eigenvalue weighted by atomic mass is 10.0. The molecule has 2 aliphatic rings. The molecule has 0 aromatic rings. The Morgan fingerprint density at radius 1 is 0.677 bits per heavy atom. The summed E-state index contributed by atoms with van der Waals surface area (Å²) in [5.74, 6) is -9.26. The summed E-state index contributed by atoms with van der Waals surface area (Å²) < 4.78 is 13.4. The molecule has 0 aromatic heterocycles. The quantitative estimate of drug-likeness (QED) is 0.121. The standard InChI is InChI=1S/C10H12N6O15/c17-11(18)7(1-5-3-29-5)9(13(21)22,14(23)24)31-10(15(25)26,16(27)28)8(12(19)20)2-6-4-30-6/h5-8H,1-4H2. The van der Waals surface area contributed by atoms with Crippen molar-refractivity contribution in [2.45, 2.75) is 48.8 Å². The predicted octanol–water partition coefficient (Wildman–Crippen LogP) is -1.71. The normalized spacial score (nSPS) is 22.1. The molecule has 0 saturated carbocycles. The first-order chi connectivity index (χ1) is 14.3. The average molecular weight is 456 g/mol. The van der Waals surface area contributed by atoms with Crippen LogP contribution < -0.4 is 0 Å². The van der Waals surface area contributed by atoms with E-state index in [1.54, 1.807) is 0 Å². The van der Waals surface area contributed by atoms with Crippen LogP contribution in [-0.2, 0) is 14.2 Å². The molecule has 2 heterocycles. The van der Waals surface area contributed by atoms with Crippen molar-refractivity contribution in [3.63, 3.8) is 0 Å². The van der Waals surface area contributed by atoms with Gasteiger partial charge in [-0.25, -0.2) is 0 Å². The van der Waals surface area contributed by atoms with E-state index in [4.69, 9.17) is 0 Å². The summed E-state index contributed by atoms with van der Waals surface area (Å²) in [6.45, 7) is -0.413. The van der Waals surface area contributed by atoms with Crippen molar-refractivity contribution in [3.05, 3.63) is 60.7 Å². The van der Waals surface area contributed by atoms with Crippen LogP contribution in [0.3, 0.4) is 0 Å². The van der Waals surface area contributed by atoms with Gasteiger partial charge in [0.1, 0.15) is 19.7 Å². The second kappa shape index (κ2) is 8.19. The molecule has 172 valence electrons. The maximum Gasteiger partial charge on any atom is 0.657 e. The smallest absolute Gasteiger partial charge is 0.373 e. The van der Waals surface area contributed by atoms with Gasteiger partial charge in [0.2, 0.25) is 0 Å². The Kier molecular flexibility index (Phi) is 6.23. The van der Waals surface area contributed by atoms with Crippen LogP contribution in [0.15, 0.2) is 0 Å². The van der Waals surface area contributed by atoms with Crippen molar-refractivity contribution in [3.8, 4) is 0 Å². The summed E-state index contributed by atoms with van der Waals surface area (Å²) in [5.41, 5.74) is 0. The van der Waals surface area contributed by atoms with Crippen molar-refractivity contribution < 1.29 is 43.8 Å². The zero-order valence-corrected chi connectivity index (χ0v) is 14.9. The zero-order chi connectivity index (χ0) is 23.7. The summed E-state index contributed by atoms with van der Waals surface area (Å²) in [7, 11) is 0. The first-order valence-corrected chi connectivity index (χ1v) is 8.09. The SMILES string of the molecule is O=[N+]([O-])C(CC1CO1)C(OC(C(CC1CO1)[N+](=O)[O-])([N+](=O)[O-])[N+](=O)[O-])([N+](=O)[O-])[N+](=O)[O-]. The molecular formula is C10H12N6O15. The fourth-order valence-electron chi connectivity index (χ4n) is 2.79. The minimum absolute atomic E-state index is 0.206. The third kappa shape index (κ3) is 4.26. The average Bonchev–Trinajstić information content (AvgIpc) is 3.53. The van der Waals surface area contributed by atoms with Crippen molar-refractivity contribution in [2.75, 3.05) is 13.2 Å². The van der Waals surface area contributed by atoms with E-state index in [0.29, 0.717) is 0 Å². The molecule has 0 spiro atoms. The van der Waals surface area contributed by atoms with Crippen molar-refractivity contribution in [1.29, 1.82) is 0 Å². The van der Waals surface area contributed by atoms with Gasteiger partial charge in [0, 0.05) is 9.85 Å². The molecule has 2 saturated heterocycles. The summed E-state index contributed by atoms with van der Waals surface area (Å²) in [6.07, 6.45) is -4.39. The second-order valence-corrected chi connectivity index (χ2v) is 6.43. The Balaban J connectivity index is 2.71. The monoisotopic (exact) mass is 456 g/mol. The van der Waals surface area contributed by atoms with E-state index in [0.717, 1.165) is 0 Å². The number of hydrogen-bond donors (Lipinski definition) is 0. The van der Waals surface area contributed by atoms with Crippen LogP contribution in [0, 0.1) is 60.7 Å². The summed E-state index contributed by atoms with van der Waals surface area (Å²) >= 11 is 0. The van der Waals surface area contributed by atoms with E-state index < -0.39 is 78.4 Å². The molecule has 2 aliphatic heterocycles. The Morgan fingerprint density at radius 3 is 1.10 bits per heavy atom. The highest BCUT2D eigenvalue weighted by Crippen LogP contribution is 2.37. The summed E-state index contributed by atoms with van der Waals surface area (Å²) in [5, 5.41) is 69.3. The molecule has 0 aromatic carbocycles. The van der Waals surface area contributed by atoms with Gasteiger partial charge in [-0.2, -0.15) is 0 Å². The molecule has 0 N–H and O–H groups in total. The minimum atomic E-state index is -4.63. The van der Waals surface area contributed by atoms with Gasteiger partial charge in [-0.05, 0) is 0 Å². The molecule has 21 heteroatoms. The van der Waals surface area contributed by atoms with E-state index in [2.05, 4.69) is 14.2 Å². The third-order valence-corrected chi connectivity index (χ3v) is 4.50. The largest absolute Gasteiger partial charge is 0.657 e. The highest BCUT2D eigenvalue weighted by Gasteiger charge is 2.87. The second-order valence-electron chi connectivity index (χ2n) is 6.43. The van der Waals surface area contributed by atoms with Crippen LogP contribution in [-0.4, -0.2) is 78.7 Å². The first-order valence-electron chi connectivity index (χ1n) is 8.09. The van der Waals surface area contributed by atoms with Crippen molar-refractivity contribution >= 4 is 0 Å². The molecule has 2 fully saturated rings. The van der Waals surface area contributed by atoms with Gasteiger partial charge < -0.3 is 9.47 Å². The number of rotatable bonds is 14. The van der Waals surface area contributed by atoms with Gasteiger partial charge in [-0.3, -0.25) is 60.7 Å². The Labute approximate surface area is 167 Å². The van der Waals surface area contributed by atoms with E-state index >= 15 is 0 Å². The Bertz CT molecular complexity index is 729. The molecule has 21 nitrogen and oxygen atoms in total. The van der Waals surface area contributed by atoms with E-state index in [1.165, 1.54) is 0 Å². The number of hydrogen-bond acceptors (Lipinski definition) is 15. The van der Waals surface area contributed by atoms with Gasteiger partial charge in [-0.1, -0.05) is 0 Å². The fourth-order valence-corrected chi connectivity index (χ4v) is 2.79. The predicted molar refractivity (Wildman–Crippen MR) is 84.8 cm³/mol. The first kappa shape index (κ1) is 23.6. The van der Waals surface area contributed by atoms with Crippen LogP contribution in [0.25, 0.3) is 0 Å². The van der Waals surface area contributed by atoms with E-state index in [1.807, 2.05) is 0 Å². The third-order valence-electron chi connectivity index (χ3n) is 4.50. The molecule has 4 unspecified atom stereocenters.